The normalized spacial score (nSPS) is 13.1. The molecule has 1 N–H and O–H groups in total. The molecule has 0 unspecified atom stereocenters. The molecule has 0 atom stereocenters. The van der Waals surface area contributed by atoms with Crippen LogP contribution in [0.15, 0.2) is 34.7 Å². The van der Waals surface area contributed by atoms with Gasteiger partial charge in [0.1, 0.15) is 23.7 Å². The van der Waals surface area contributed by atoms with E-state index in [-0.39, 0.29) is 6.42 Å². The molecule has 1 aromatic heterocycles. The Bertz CT molecular complexity index is 1030. The molecule has 1 aliphatic rings. The number of benzene rings is 2. The molecular formula is C24H26O4. The lowest BCUT2D eigenvalue weighted by Gasteiger charge is -2.14. The topological polar surface area (TPSA) is 59.7 Å². The first-order valence-corrected chi connectivity index (χ1v) is 10.0. The second-order valence-corrected chi connectivity index (χ2v) is 7.62. The monoisotopic (exact) mass is 378 g/mol. The minimum absolute atomic E-state index is 0.173. The number of rotatable bonds is 7. The van der Waals surface area contributed by atoms with Gasteiger partial charge in [0, 0.05) is 23.8 Å². The van der Waals surface area contributed by atoms with Crippen molar-refractivity contribution >= 4 is 16.9 Å². The molecule has 4 heteroatoms. The van der Waals surface area contributed by atoms with Crippen molar-refractivity contribution in [3.05, 3.63) is 63.9 Å². The maximum atomic E-state index is 10.9. The third-order valence-electron chi connectivity index (χ3n) is 5.57. The summed E-state index contributed by atoms with van der Waals surface area (Å²) in [6.45, 7) is 4.65. The second kappa shape index (κ2) is 7.70. The lowest BCUT2D eigenvalue weighted by atomic mass is 9.98. The van der Waals surface area contributed by atoms with E-state index in [9.17, 15) is 4.79 Å². The van der Waals surface area contributed by atoms with Crippen molar-refractivity contribution < 1.29 is 19.1 Å². The third-order valence-corrected chi connectivity index (χ3v) is 5.57. The Kier molecular flexibility index (Phi) is 5.12. The van der Waals surface area contributed by atoms with Crippen molar-refractivity contribution in [2.45, 2.75) is 59.0 Å². The molecule has 0 radical (unpaired) electrons. The number of hydrogen-bond donors (Lipinski definition) is 1. The SMILES string of the molecule is CCc1cc2cc(C)cc(COc3ccc(CCC(=O)O)c4c3CCC4)c2o1. The molecule has 1 aliphatic carbocycles. The zero-order valence-corrected chi connectivity index (χ0v) is 16.5. The van der Waals surface area contributed by atoms with E-state index >= 15 is 0 Å². The first-order chi connectivity index (χ1) is 13.5. The van der Waals surface area contributed by atoms with Crippen molar-refractivity contribution in [3.63, 3.8) is 0 Å². The van der Waals surface area contributed by atoms with Crippen LogP contribution in [0.4, 0.5) is 0 Å². The molecule has 4 rings (SSSR count). The molecule has 3 aromatic rings. The maximum Gasteiger partial charge on any atom is 0.303 e. The van der Waals surface area contributed by atoms with E-state index in [1.54, 1.807) is 0 Å². The third kappa shape index (κ3) is 3.64. The van der Waals surface area contributed by atoms with Crippen LogP contribution in [0.2, 0.25) is 0 Å². The van der Waals surface area contributed by atoms with Gasteiger partial charge in [-0.3, -0.25) is 4.79 Å². The molecule has 0 saturated heterocycles. The van der Waals surface area contributed by atoms with Gasteiger partial charge in [-0.25, -0.2) is 0 Å². The molecule has 28 heavy (non-hydrogen) atoms. The minimum Gasteiger partial charge on any atom is -0.488 e. The van der Waals surface area contributed by atoms with Crippen LogP contribution in [-0.2, 0) is 37.1 Å². The maximum absolute atomic E-state index is 10.9. The Morgan fingerprint density at radius 3 is 2.75 bits per heavy atom. The van der Waals surface area contributed by atoms with Crippen molar-refractivity contribution in [1.82, 2.24) is 0 Å². The van der Waals surface area contributed by atoms with Crippen LogP contribution in [0.1, 0.15) is 53.3 Å². The van der Waals surface area contributed by atoms with E-state index in [2.05, 4.69) is 32.0 Å². The Labute approximate surface area is 165 Å². The van der Waals surface area contributed by atoms with Crippen LogP contribution in [0.5, 0.6) is 5.75 Å². The molecule has 0 aliphatic heterocycles. The average molecular weight is 378 g/mol. The fourth-order valence-corrected chi connectivity index (χ4v) is 4.24. The van der Waals surface area contributed by atoms with Gasteiger partial charge in [0.15, 0.2) is 0 Å². The summed E-state index contributed by atoms with van der Waals surface area (Å²) in [7, 11) is 0. The van der Waals surface area contributed by atoms with Gasteiger partial charge in [-0.05, 0) is 79.1 Å². The van der Waals surface area contributed by atoms with Crippen LogP contribution < -0.4 is 4.74 Å². The van der Waals surface area contributed by atoms with Gasteiger partial charge < -0.3 is 14.3 Å². The van der Waals surface area contributed by atoms with Gasteiger partial charge >= 0.3 is 5.97 Å². The van der Waals surface area contributed by atoms with Gasteiger partial charge in [-0.2, -0.15) is 0 Å². The van der Waals surface area contributed by atoms with Gasteiger partial charge in [0.2, 0.25) is 0 Å². The Balaban J connectivity index is 1.59. The first kappa shape index (κ1) is 18.6. The molecule has 4 nitrogen and oxygen atoms in total. The highest BCUT2D eigenvalue weighted by Gasteiger charge is 2.20. The lowest BCUT2D eigenvalue weighted by Crippen LogP contribution is -2.03. The molecule has 0 bridgehead atoms. The number of aryl methyl sites for hydroxylation is 3. The summed E-state index contributed by atoms with van der Waals surface area (Å²) < 4.78 is 12.3. The molecule has 0 spiro atoms. The fourth-order valence-electron chi connectivity index (χ4n) is 4.24. The fraction of sp³-hybridized carbons (Fsp3) is 0.375. The standard InChI is InChI=1S/C24H26O4/c1-3-19-13-17-11-15(2)12-18(24(17)28-19)14-27-22-9-7-16(8-10-23(25)26)20-5-4-6-21(20)22/h7,9,11-13H,3-6,8,10,14H2,1-2H3,(H,25,26). The zero-order chi connectivity index (χ0) is 19.7. The highest BCUT2D eigenvalue weighted by molar-refractivity contribution is 5.82. The number of aliphatic carboxylic acids is 1. The number of fused-ring (bicyclic) bond motifs is 2. The predicted molar refractivity (Wildman–Crippen MR) is 109 cm³/mol. The Hall–Kier alpha value is -2.75. The van der Waals surface area contributed by atoms with Gasteiger partial charge in [-0.15, -0.1) is 0 Å². The van der Waals surface area contributed by atoms with E-state index in [0.29, 0.717) is 13.0 Å². The van der Waals surface area contributed by atoms with Crippen LogP contribution in [-0.4, -0.2) is 11.1 Å². The summed E-state index contributed by atoms with van der Waals surface area (Å²) >= 11 is 0. The van der Waals surface area contributed by atoms with Crippen LogP contribution in [0, 0.1) is 6.92 Å². The lowest BCUT2D eigenvalue weighted by molar-refractivity contribution is -0.136. The molecule has 146 valence electrons. The van der Waals surface area contributed by atoms with E-state index < -0.39 is 5.97 Å². The number of furan rings is 1. The number of carboxylic acids is 1. The van der Waals surface area contributed by atoms with Crippen molar-refractivity contribution in [3.8, 4) is 5.75 Å². The van der Waals surface area contributed by atoms with E-state index in [4.69, 9.17) is 14.3 Å². The van der Waals surface area contributed by atoms with Crippen molar-refractivity contribution in [1.29, 1.82) is 0 Å². The van der Waals surface area contributed by atoms with Gasteiger partial charge in [0.05, 0.1) is 0 Å². The summed E-state index contributed by atoms with van der Waals surface area (Å²) in [6, 6.07) is 10.4. The molecule has 2 aromatic carbocycles. The van der Waals surface area contributed by atoms with E-state index in [0.717, 1.165) is 59.3 Å². The van der Waals surface area contributed by atoms with Crippen molar-refractivity contribution in [2.75, 3.05) is 0 Å². The largest absolute Gasteiger partial charge is 0.488 e. The average Bonchev–Trinajstić information content (AvgIpc) is 3.31. The first-order valence-electron chi connectivity index (χ1n) is 10.0. The minimum atomic E-state index is -0.750. The highest BCUT2D eigenvalue weighted by Crippen LogP contribution is 2.35. The van der Waals surface area contributed by atoms with Crippen molar-refractivity contribution in [2.24, 2.45) is 0 Å². The van der Waals surface area contributed by atoms with Crippen LogP contribution >= 0.6 is 0 Å². The Morgan fingerprint density at radius 1 is 1.14 bits per heavy atom. The molecule has 0 saturated carbocycles. The highest BCUT2D eigenvalue weighted by atomic mass is 16.5. The number of carboxylic acid groups (broad SMARTS) is 1. The summed E-state index contributed by atoms with van der Waals surface area (Å²) in [4.78, 5) is 10.9. The summed E-state index contributed by atoms with van der Waals surface area (Å²) in [5, 5.41) is 10.1. The number of carbonyl (C=O) groups is 1. The summed E-state index contributed by atoms with van der Waals surface area (Å²) in [5.74, 6) is 1.16. The summed E-state index contributed by atoms with van der Waals surface area (Å²) in [6.07, 6.45) is 4.74. The van der Waals surface area contributed by atoms with Crippen LogP contribution in [0.3, 0.4) is 0 Å². The Morgan fingerprint density at radius 2 is 1.96 bits per heavy atom. The van der Waals surface area contributed by atoms with E-state index in [1.807, 2.05) is 12.1 Å². The zero-order valence-electron chi connectivity index (χ0n) is 16.5. The smallest absolute Gasteiger partial charge is 0.303 e. The predicted octanol–water partition coefficient (Wildman–Crippen LogP) is 5.39. The quantitative estimate of drug-likeness (QED) is 0.599. The molecule has 0 amide bonds. The van der Waals surface area contributed by atoms with Gasteiger partial charge in [0.25, 0.3) is 0 Å². The van der Waals surface area contributed by atoms with Gasteiger partial charge in [-0.1, -0.05) is 13.0 Å². The molecule has 1 heterocycles. The number of hydrogen-bond acceptors (Lipinski definition) is 3. The summed E-state index contributed by atoms with van der Waals surface area (Å²) in [5.41, 5.74) is 6.87. The van der Waals surface area contributed by atoms with E-state index in [1.165, 1.54) is 16.7 Å². The van der Waals surface area contributed by atoms with Crippen LogP contribution in [0.25, 0.3) is 11.0 Å². The molecular weight excluding hydrogens is 352 g/mol. The molecule has 0 fully saturated rings. The number of ether oxygens (including phenoxy) is 1. The second-order valence-electron chi connectivity index (χ2n) is 7.62.